The number of benzene rings is 3. The standard InChI is InChI=1S/C28H33BO3Si/c1-6-16-26(23-17-10-7-11-18-23)30-33(24-19-12-8-13-20-24,25-21-14-9-15-22-25)29-31-27(2,3)28(4,5)32-29/h6-15,17-22,26H,1,16H2,2-5H3. The average molecular weight is 456 g/mol. The highest BCUT2D eigenvalue weighted by molar-refractivity contribution is 7.37. The number of hydrogen-bond acceptors (Lipinski definition) is 3. The Morgan fingerprint density at radius 3 is 1.64 bits per heavy atom. The number of rotatable bonds is 8. The minimum absolute atomic E-state index is 0.171. The first-order valence-corrected chi connectivity index (χ1v) is 13.6. The number of hydrogen-bond donors (Lipinski definition) is 0. The molecular formula is C28H33BO3Si. The summed E-state index contributed by atoms with van der Waals surface area (Å²) in [4.78, 5) is 0. The molecule has 0 aromatic heterocycles. The van der Waals surface area contributed by atoms with E-state index in [1.807, 2.05) is 24.3 Å². The molecule has 4 rings (SSSR count). The summed E-state index contributed by atoms with van der Waals surface area (Å²) in [7, 11) is -3.07. The smallest absolute Gasteiger partial charge is 0.404 e. The third-order valence-electron chi connectivity index (χ3n) is 6.87. The molecule has 3 aromatic carbocycles. The normalized spacial score (nSPS) is 18.1. The van der Waals surface area contributed by atoms with Crippen molar-refractivity contribution >= 4 is 25.3 Å². The fraction of sp³-hybridized carbons (Fsp3) is 0.286. The minimum Gasteiger partial charge on any atom is -0.404 e. The summed E-state index contributed by atoms with van der Waals surface area (Å²) in [5.41, 5.74) is 0.185. The van der Waals surface area contributed by atoms with Gasteiger partial charge in [0.15, 0.2) is 0 Å². The maximum absolute atomic E-state index is 7.33. The van der Waals surface area contributed by atoms with Crippen LogP contribution in [-0.4, -0.2) is 26.1 Å². The van der Waals surface area contributed by atoms with Crippen molar-refractivity contribution < 1.29 is 13.7 Å². The van der Waals surface area contributed by atoms with Gasteiger partial charge in [-0.15, -0.1) is 6.58 Å². The topological polar surface area (TPSA) is 27.7 Å². The summed E-state index contributed by atoms with van der Waals surface area (Å²) in [5.74, 6) is 0. The van der Waals surface area contributed by atoms with Crippen molar-refractivity contribution in [2.24, 2.45) is 0 Å². The SMILES string of the molecule is C=CCC(O[Si](B1OC(C)(C)C(C)(C)O1)(c1ccccc1)c1ccccc1)c1ccccc1. The van der Waals surface area contributed by atoms with Crippen molar-refractivity contribution in [1.82, 2.24) is 0 Å². The first-order valence-electron chi connectivity index (χ1n) is 11.6. The van der Waals surface area contributed by atoms with Gasteiger partial charge in [-0.25, -0.2) is 0 Å². The molecular weight excluding hydrogens is 423 g/mol. The predicted molar refractivity (Wildman–Crippen MR) is 139 cm³/mol. The van der Waals surface area contributed by atoms with Gasteiger partial charge in [0.2, 0.25) is 0 Å². The molecule has 3 nitrogen and oxygen atoms in total. The molecule has 0 spiro atoms. The van der Waals surface area contributed by atoms with E-state index in [2.05, 4.69) is 107 Å². The summed E-state index contributed by atoms with van der Waals surface area (Å²) in [6.07, 6.45) is 2.45. The molecule has 0 N–H and O–H groups in total. The van der Waals surface area contributed by atoms with Crippen molar-refractivity contribution in [1.29, 1.82) is 0 Å². The van der Waals surface area contributed by atoms with Gasteiger partial charge in [0, 0.05) is 0 Å². The van der Waals surface area contributed by atoms with Crippen LogP contribution in [0.1, 0.15) is 45.8 Å². The van der Waals surface area contributed by atoms with E-state index in [-0.39, 0.29) is 6.10 Å². The molecule has 0 aliphatic carbocycles. The van der Waals surface area contributed by atoms with Crippen molar-refractivity contribution in [3.8, 4) is 0 Å². The fourth-order valence-corrected chi connectivity index (χ4v) is 8.55. The zero-order valence-electron chi connectivity index (χ0n) is 20.0. The predicted octanol–water partition coefficient (Wildman–Crippen LogP) is 5.25. The van der Waals surface area contributed by atoms with Crippen molar-refractivity contribution in [3.05, 3.63) is 109 Å². The lowest BCUT2D eigenvalue weighted by molar-refractivity contribution is 0.00578. The van der Waals surface area contributed by atoms with Crippen LogP contribution in [0, 0.1) is 0 Å². The minimum atomic E-state index is -3.07. The molecule has 1 heterocycles. The van der Waals surface area contributed by atoms with E-state index in [9.17, 15) is 0 Å². The molecule has 0 radical (unpaired) electrons. The van der Waals surface area contributed by atoms with E-state index in [0.717, 1.165) is 15.9 Å². The Morgan fingerprint density at radius 2 is 1.21 bits per heavy atom. The Hall–Kier alpha value is -2.44. The Balaban J connectivity index is 1.93. The lowest BCUT2D eigenvalue weighted by atomic mass is 9.90. The molecule has 170 valence electrons. The molecule has 1 aliphatic heterocycles. The first kappa shape index (κ1) is 23.7. The fourth-order valence-electron chi connectivity index (χ4n) is 4.31. The molecule has 1 unspecified atom stereocenters. The second-order valence-corrected chi connectivity index (χ2v) is 12.9. The van der Waals surface area contributed by atoms with Gasteiger partial charge in [-0.1, -0.05) is 97.1 Å². The van der Waals surface area contributed by atoms with Gasteiger partial charge in [0.05, 0.1) is 17.3 Å². The Bertz CT molecular complexity index is 999. The molecule has 1 saturated heterocycles. The summed E-state index contributed by atoms with van der Waals surface area (Å²) in [6.45, 7) is 11.9. The molecule has 0 amide bonds. The summed E-state index contributed by atoms with van der Waals surface area (Å²) >= 11 is 0. The van der Waals surface area contributed by atoms with Gasteiger partial charge >= 0.3 is 6.71 Å². The van der Waals surface area contributed by atoms with Crippen LogP contribution in [0.25, 0.3) is 0 Å². The van der Waals surface area contributed by atoms with Gasteiger partial charge in [-0.2, -0.15) is 0 Å². The second kappa shape index (κ2) is 9.43. The third kappa shape index (κ3) is 4.51. The Morgan fingerprint density at radius 1 is 0.788 bits per heavy atom. The lowest BCUT2D eigenvalue weighted by Gasteiger charge is -2.37. The van der Waals surface area contributed by atoms with E-state index < -0.39 is 26.1 Å². The van der Waals surface area contributed by atoms with Gasteiger partial charge in [0.25, 0.3) is 8.19 Å². The Labute approximate surface area is 199 Å². The summed E-state index contributed by atoms with van der Waals surface area (Å²) in [6, 6.07) is 31.3. The van der Waals surface area contributed by atoms with Crippen LogP contribution in [0.3, 0.4) is 0 Å². The first-order chi connectivity index (χ1) is 15.8. The van der Waals surface area contributed by atoms with E-state index in [1.165, 1.54) is 0 Å². The second-order valence-electron chi connectivity index (χ2n) is 9.60. The van der Waals surface area contributed by atoms with Crippen LogP contribution >= 0.6 is 0 Å². The molecule has 1 aliphatic rings. The quantitative estimate of drug-likeness (QED) is 0.342. The molecule has 33 heavy (non-hydrogen) atoms. The van der Waals surface area contributed by atoms with Crippen LogP contribution in [0.15, 0.2) is 104 Å². The Kier molecular flexibility index (Phi) is 6.78. The van der Waals surface area contributed by atoms with E-state index in [0.29, 0.717) is 6.42 Å². The highest BCUT2D eigenvalue weighted by atomic mass is 28.3. The molecule has 1 atom stereocenters. The average Bonchev–Trinajstić information content (AvgIpc) is 3.05. The van der Waals surface area contributed by atoms with Crippen LogP contribution in [-0.2, 0) is 13.7 Å². The maximum atomic E-state index is 7.33. The molecule has 5 heteroatoms. The van der Waals surface area contributed by atoms with E-state index >= 15 is 0 Å². The molecule has 0 bridgehead atoms. The highest BCUT2D eigenvalue weighted by Crippen LogP contribution is 2.40. The monoisotopic (exact) mass is 456 g/mol. The van der Waals surface area contributed by atoms with E-state index in [4.69, 9.17) is 13.7 Å². The van der Waals surface area contributed by atoms with Crippen molar-refractivity contribution in [2.45, 2.75) is 51.4 Å². The van der Waals surface area contributed by atoms with Crippen molar-refractivity contribution in [3.63, 3.8) is 0 Å². The van der Waals surface area contributed by atoms with E-state index in [1.54, 1.807) is 0 Å². The zero-order valence-corrected chi connectivity index (χ0v) is 21.0. The third-order valence-corrected chi connectivity index (χ3v) is 10.8. The molecule has 0 saturated carbocycles. The van der Waals surface area contributed by atoms with Gasteiger partial charge in [-0.3, -0.25) is 0 Å². The van der Waals surface area contributed by atoms with Crippen molar-refractivity contribution in [2.75, 3.05) is 0 Å². The van der Waals surface area contributed by atoms with Crippen LogP contribution < -0.4 is 10.4 Å². The summed E-state index contributed by atoms with van der Waals surface area (Å²) < 4.78 is 20.8. The molecule has 3 aromatic rings. The largest absolute Gasteiger partial charge is 0.479 e. The molecule has 1 fully saturated rings. The van der Waals surface area contributed by atoms with Gasteiger partial charge in [-0.05, 0) is 50.1 Å². The van der Waals surface area contributed by atoms with Gasteiger partial charge in [0.1, 0.15) is 0 Å². The van der Waals surface area contributed by atoms with Crippen LogP contribution in [0.2, 0.25) is 0 Å². The zero-order chi connectivity index (χ0) is 23.5. The highest BCUT2D eigenvalue weighted by Gasteiger charge is 2.64. The summed E-state index contributed by atoms with van der Waals surface area (Å²) in [5, 5.41) is 2.25. The van der Waals surface area contributed by atoms with Gasteiger partial charge < -0.3 is 13.7 Å². The lowest BCUT2D eigenvalue weighted by Crippen LogP contribution is -2.72. The van der Waals surface area contributed by atoms with Crippen LogP contribution in [0.5, 0.6) is 0 Å². The van der Waals surface area contributed by atoms with Crippen LogP contribution in [0.4, 0.5) is 0 Å². The maximum Gasteiger partial charge on any atom is 0.479 e.